The number of alkyl halides is 1. The van der Waals surface area contributed by atoms with Gasteiger partial charge in [-0.1, -0.05) is 18.2 Å². The fourth-order valence-electron chi connectivity index (χ4n) is 2.37. The van der Waals surface area contributed by atoms with Gasteiger partial charge in [-0.2, -0.15) is 0 Å². The summed E-state index contributed by atoms with van der Waals surface area (Å²) >= 11 is 7.27. The van der Waals surface area contributed by atoms with Crippen LogP contribution in [-0.2, 0) is 6.54 Å². The molecule has 0 amide bonds. The first-order valence-electron chi connectivity index (χ1n) is 7.01. The molecule has 3 rings (SSSR count). The molecule has 22 heavy (non-hydrogen) atoms. The van der Waals surface area contributed by atoms with Gasteiger partial charge in [0.05, 0.1) is 11.4 Å². The van der Waals surface area contributed by atoms with Crippen LogP contribution < -0.4 is 4.31 Å². The zero-order valence-electron chi connectivity index (χ0n) is 11.8. The van der Waals surface area contributed by atoms with Crippen molar-refractivity contribution >= 4 is 35.1 Å². The van der Waals surface area contributed by atoms with Gasteiger partial charge < -0.3 is 0 Å². The normalized spacial score (nSPS) is 15.0. The topological polar surface area (TPSA) is 6.48 Å². The molecule has 2 aromatic carbocycles. The van der Waals surface area contributed by atoms with Crippen LogP contribution in [0.5, 0.6) is 0 Å². The zero-order valence-corrected chi connectivity index (χ0v) is 13.4. The number of para-hydroxylation sites is 1. The second-order valence-corrected chi connectivity index (χ2v) is 6.43. The van der Waals surface area contributed by atoms with Crippen molar-refractivity contribution < 1.29 is 8.78 Å². The average Bonchev–Trinajstić information content (AvgIpc) is 2.54. The number of hydrogen-bond acceptors (Lipinski definition) is 3. The molecule has 0 aliphatic carbocycles. The van der Waals surface area contributed by atoms with E-state index in [1.54, 1.807) is 6.07 Å². The molecule has 0 fully saturated rings. The van der Waals surface area contributed by atoms with E-state index in [9.17, 15) is 8.78 Å². The maximum absolute atomic E-state index is 13.6. The summed E-state index contributed by atoms with van der Waals surface area (Å²) in [6, 6.07) is 11.9. The van der Waals surface area contributed by atoms with Crippen LogP contribution in [0, 0.1) is 11.6 Å². The highest BCUT2D eigenvalue weighted by molar-refractivity contribution is 7.98. The highest BCUT2D eigenvalue weighted by Crippen LogP contribution is 2.41. The molecule has 0 bridgehead atoms. The van der Waals surface area contributed by atoms with Gasteiger partial charge in [-0.15, -0.1) is 11.6 Å². The van der Waals surface area contributed by atoms with E-state index in [0.29, 0.717) is 11.6 Å². The molecule has 2 aromatic rings. The molecule has 6 heteroatoms. The fraction of sp³-hybridized carbons (Fsp3) is 0.250. The molecule has 1 heterocycles. The van der Waals surface area contributed by atoms with Gasteiger partial charge >= 0.3 is 0 Å². The monoisotopic (exact) mass is 340 g/mol. The third kappa shape index (κ3) is 3.21. The molecule has 0 radical (unpaired) electrons. The first kappa shape index (κ1) is 15.6. The van der Waals surface area contributed by atoms with Crippen LogP contribution in [0.1, 0.15) is 12.0 Å². The van der Waals surface area contributed by atoms with E-state index in [4.69, 9.17) is 11.6 Å². The zero-order chi connectivity index (χ0) is 15.5. The Bertz CT molecular complexity index is 668. The molecule has 2 nitrogen and oxygen atoms in total. The predicted octanol–water partition coefficient (Wildman–Crippen LogP) is 5.11. The van der Waals surface area contributed by atoms with Gasteiger partial charge in [0.25, 0.3) is 0 Å². The average molecular weight is 341 g/mol. The first-order valence-corrected chi connectivity index (χ1v) is 8.27. The molecule has 0 N–H and O–H groups in total. The molecule has 1 aliphatic heterocycles. The van der Waals surface area contributed by atoms with E-state index in [1.165, 1.54) is 18.2 Å². The van der Waals surface area contributed by atoms with E-state index < -0.39 is 11.6 Å². The summed E-state index contributed by atoms with van der Waals surface area (Å²) in [5.41, 5.74) is 2.77. The lowest BCUT2D eigenvalue weighted by Crippen LogP contribution is -2.29. The second-order valence-electron chi connectivity index (χ2n) is 5.01. The van der Waals surface area contributed by atoms with Gasteiger partial charge in [-0.05, 0) is 30.2 Å². The number of rotatable bonds is 4. The number of nitrogens with zero attached hydrogens (tertiary/aromatic N) is 2. The summed E-state index contributed by atoms with van der Waals surface area (Å²) in [6.45, 7) is 1.64. The van der Waals surface area contributed by atoms with E-state index >= 15 is 0 Å². The predicted molar refractivity (Wildman–Crippen MR) is 88.3 cm³/mol. The number of anilines is 2. The van der Waals surface area contributed by atoms with E-state index in [-0.39, 0.29) is 0 Å². The van der Waals surface area contributed by atoms with Crippen molar-refractivity contribution in [3.8, 4) is 0 Å². The molecular weight excluding hydrogens is 326 g/mol. The van der Waals surface area contributed by atoms with Crippen LogP contribution in [0.2, 0.25) is 0 Å². The first-order chi connectivity index (χ1) is 10.7. The molecule has 0 unspecified atom stereocenters. The van der Waals surface area contributed by atoms with E-state index in [2.05, 4.69) is 10.4 Å². The SMILES string of the molecule is Fc1ccc(N2SN(CCCCl)Cc3ccccc32)cc1F. The minimum Gasteiger partial charge on any atom is -0.271 e. The summed E-state index contributed by atoms with van der Waals surface area (Å²) in [7, 11) is 0. The minimum absolute atomic E-state index is 0.601. The van der Waals surface area contributed by atoms with Crippen LogP contribution in [0.15, 0.2) is 42.5 Å². The van der Waals surface area contributed by atoms with Gasteiger partial charge in [-0.3, -0.25) is 4.31 Å². The van der Waals surface area contributed by atoms with Gasteiger partial charge in [-0.25, -0.2) is 13.1 Å². The Kier molecular flexibility index (Phi) is 4.86. The molecular formula is C16H15ClF2N2S. The molecule has 0 atom stereocenters. The van der Waals surface area contributed by atoms with Gasteiger partial charge in [0, 0.05) is 37.2 Å². The lowest BCUT2D eigenvalue weighted by atomic mass is 10.1. The van der Waals surface area contributed by atoms with E-state index in [0.717, 1.165) is 36.8 Å². The third-order valence-electron chi connectivity index (χ3n) is 3.43. The van der Waals surface area contributed by atoms with Crippen molar-refractivity contribution in [1.29, 1.82) is 0 Å². The number of fused-ring (bicyclic) bond motifs is 1. The molecule has 0 saturated carbocycles. The maximum atomic E-state index is 13.6. The molecule has 0 aromatic heterocycles. The summed E-state index contributed by atoms with van der Waals surface area (Å²) in [5, 5.41) is 0. The molecule has 116 valence electrons. The highest BCUT2D eigenvalue weighted by Gasteiger charge is 2.25. The lowest BCUT2D eigenvalue weighted by Gasteiger charge is -2.36. The van der Waals surface area contributed by atoms with Crippen molar-refractivity contribution in [3.05, 3.63) is 59.7 Å². The minimum atomic E-state index is -0.839. The second kappa shape index (κ2) is 6.86. The van der Waals surface area contributed by atoms with Crippen molar-refractivity contribution in [2.45, 2.75) is 13.0 Å². The van der Waals surface area contributed by atoms with Crippen molar-refractivity contribution in [2.24, 2.45) is 0 Å². The third-order valence-corrected chi connectivity index (χ3v) is 4.81. The lowest BCUT2D eigenvalue weighted by molar-refractivity contribution is 0.461. The molecule has 0 spiro atoms. The number of benzene rings is 2. The maximum Gasteiger partial charge on any atom is 0.160 e. The Morgan fingerprint density at radius 3 is 2.68 bits per heavy atom. The number of halogens is 3. The Morgan fingerprint density at radius 2 is 1.91 bits per heavy atom. The Labute approximate surface area is 137 Å². The van der Waals surface area contributed by atoms with Crippen LogP contribution in [0.3, 0.4) is 0 Å². The van der Waals surface area contributed by atoms with Crippen LogP contribution in [-0.4, -0.2) is 16.7 Å². The van der Waals surface area contributed by atoms with Gasteiger partial charge in [0.1, 0.15) is 0 Å². The summed E-state index contributed by atoms with van der Waals surface area (Å²) in [4.78, 5) is 0. The fourth-order valence-corrected chi connectivity index (χ4v) is 3.61. The number of hydrogen-bond donors (Lipinski definition) is 0. The van der Waals surface area contributed by atoms with E-state index in [1.807, 2.05) is 22.5 Å². The van der Waals surface area contributed by atoms with Crippen molar-refractivity contribution in [2.75, 3.05) is 16.7 Å². The Balaban J connectivity index is 1.95. The largest absolute Gasteiger partial charge is 0.271 e. The molecule has 0 saturated heterocycles. The van der Waals surface area contributed by atoms with Gasteiger partial charge in [0.15, 0.2) is 11.6 Å². The smallest absolute Gasteiger partial charge is 0.160 e. The standard InChI is InChI=1S/C16H15ClF2N2S/c17-8-3-9-20-11-12-4-1-2-5-16(12)21(22-20)13-6-7-14(18)15(19)10-13/h1-2,4-7,10H,3,8-9,11H2. The summed E-state index contributed by atoms with van der Waals surface area (Å²) < 4.78 is 30.8. The summed E-state index contributed by atoms with van der Waals surface area (Å²) in [5.74, 6) is -1.07. The highest BCUT2D eigenvalue weighted by atomic mass is 35.5. The quantitative estimate of drug-likeness (QED) is 0.564. The summed E-state index contributed by atoms with van der Waals surface area (Å²) in [6.07, 6.45) is 0.877. The molecule has 1 aliphatic rings. The van der Waals surface area contributed by atoms with Crippen LogP contribution >= 0.6 is 23.7 Å². The Hall–Kier alpha value is -1.30. The van der Waals surface area contributed by atoms with Crippen molar-refractivity contribution in [3.63, 3.8) is 0 Å². The van der Waals surface area contributed by atoms with Crippen molar-refractivity contribution in [1.82, 2.24) is 4.31 Å². The van der Waals surface area contributed by atoms with Crippen LogP contribution in [0.4, 0.5) is 20.2 Å². The van der Waals surface area contributed by atoms with Crippen LogP contribution in [0.25, 0.3) is 0 Å². The van der Waals surface area contributed by atoms with Gasteiger partial charge in [0.2, 0.25) is 0 Å². The Morgan fingerprint density at radius 1 is 1.09 bits per heavy atom.